The number of nitrogens with zero attached hydrogens (tertiary/aromatic N) is 1. The summed E-state index contributed by atoms with van der Waals surface area (Å²) in [5.41, 5.74) is 2.19. The largest absolute Gasteiger partial charge is 0.505 e. The number of phenols is 7. The Morgan fingerprint density at radius 1 is 0.510 bits per heavy atom. The molecule has 0 aromatic heterocycles. The number of anilines is 3. The smallest absolute Gasteiger partial charge is 0.186 e. The minimum Gasteiger partial charge on any atom is -0.505 e. The average molecular weight is 652 g/mol. The van der Waals surface area contributed by atoms with Crippen LogP contribution in [0.15, 0.2) is 115 Å². The molecule has 6 aromatic carbocycles. The van der Waals surface area contributed by atoms with Gasteiger partial charge < -0.3 is 35.7 Å². The molecule has 1 aliphatic rings. The zero-order valence-corrected chi connectivity index (χ0v) is 26.5. The van der Waals surface area contributed by atoms with Crippen LogP contribution >= 0.6 is 0 Å². The third-order valence-electron chi connectivity index (χ3n) is 9.03. The van der Waals surface area contributed by atoms with Gasteiger partial charge >= 0.3 is 0 Å². The van der Waals surface area contributed by atoms with Crippen molar-refractivity contribution in [1.82, 2.24) is 0 Å². The molecule has 0 bridgehead atoms. The Kier molecular flexibility index (Phi) is 7.76. The topological polar surface area (TPSA) is 145 Å². The Balaban J connectivity index is 1.48. The second-order valence-electron chi connectivity index (χ2n) is 11.9. The van der Waals surface area contributed by atoms with Crippen molar-refractivity contribution in [2.24, 2.45) is 0 Å². The molecule has 0 radical (unpaired) electrons. The van der Waals surface area contributed by atoms with Crippen LogP contribution in [0.25, 0.3) is 38.6 Å². The van der Waals surface area contributed by atoms with Crippen LogP contribution in [-0.4, -0.2) is 35.7 Å². The van der Waals surface area contributed by atoms with Crippen molar-refractivity contribution < 1.29 is 35.7 Å². The van der Waals surface area contributed by atoms with Gasteiger partial charge in [-0.1, -0.05) is 103 Å². The van der Waals surface area contributed by atoms with Crippen molar-refractivity contribution in [2.75, 3.05) is 4.90 Å². The molecule has 0 saturated heterocycles. The van der Waals surface area contributed by atoms with E-state index in [-0.39, 0.29) is 22.4 Å². The first kappa shape index (κ1) is 31.1. The highest BCUT2D eigenvalue weighted by molar-refractivity contribution is 6.00. The van der Waals surface area contributed by atoms with Crippen LogP contribution in [-0.2, 0) is 0 Å². The molecular weight excluding hydrogens is 618 g/mol. The van der Waals surface area contributed by atoms with Crippen molar-refractivity contribution in [3.05, 3.63) is 126 Å². The molecule has 0 unspecified atom stereocenters. The van der Waals surface area contributed by atoms with Crippen molar-refractivity contribution in [2.45, 2.75) is 19.8 Å². The zero-order valence-electron chi connectivity index (χ0n) is 26.5. The van der Waals surface area contributed by atoms with Crippen molar-refractivity contribution in [3.63, 3.8) is 0 Å². The van der Waals surface area contributed by atoms with Gasteiger partial charge in [-0.3, -0.25) is 4.90 Å². The maximum absolute atomic E-state index is 11.8. The van der Waals surface area contributed by atoms with Crippen LogP contribution in [0.3, 0.4) is 0 Å². The lowest BCUT2D eigenvalue weighted by Crippen LogP contribution is -2.12. The SMILES string of the molecule is Cc1c(O)c(N(c2ccc(-c3cccc4ccccc34)cc2)c2c(O)c(O)c(-c3ccccc3)c(O)c2O)c(O)c(O)c1C1=CCCC=C1. The molecule has 1 aliphatic carbocycles. The summed E-state index contributed by atoms with van der Waals surface area (Å²) in [5, 5.41) is 82.6. The van der Waals surface area contributed by atoms with E-state index in [2.05, 4.69) is 0 Å². The first-order valence-corrected chi connectivity index (χ1v) is 15.8. The van der Waals surface area contributed by atoms with Gasteiger partial charge in [0.1, 0.15) is 17.1 Å². The molecular formula is C41H33NO7. The highest BCUT2D eigenvalue weighted by Crippen LogP contribution is 2.62. The Bertz CT molecular complexity index is 2250. The van der Waals surface area contributed by atoms with Crippen LogP contribution in [0.4, 0.5) is 17.1 Å². The summed E-state index contributed by atoms with van der Waals surface area (Å²) in [6, 6.07) is 29.0. The first-order valence-electron chi connectivity index (χ1n) is 15.8. The van der Waals surface area contributed by atoms with Crippen molar-refractivity contribution >= 4 is 33.4 Å². The summed E-state index contributed by atoms with van der Waals surface area (Å²) in [4.78, 5) is 1.10. The number of benzene rings is 6. The van der Waals surface area contributed by atoms with E-state index in [0.717, 1.165) is 33.2 Å². The van der Waals surface area contributed by atoms with Gasteiger partial charge in [-0.2, -0.15) is 0 Å². The van der Waals surface area contributed by atoms with Gasteiger partial charge in [0.05, 0.1) is 5.56 Å². The first-order chi connectivity index (χ1) is 23.7. The second-order valence-corrected chi connectivity index (χ2v) is 11.9. The molecule has 6 aromatic rings. The maximum Gasteiger partial charge on any atom is 0.186 e. The molecule has 8 heteroatoms. The van der Waals surface area contributed by atoms with E-state index < -0.39 is 51.6 Å². The lowest BCUT2D eigenvalue weighted by Gasteiger charge is -2.30. The molecule has 7 N–H and O–H groups in total. The van der Waals surface area contributed by atoms with Gasteiger partial charge in [0.25, 0.3) is 0 Å². The predicted octanol–water partition coefficient (Wildman–Crippen LogP) is 9.62. The number of rotatable bonds is 6. The van der Waals surface area contributed by atoms with Gasteiger partial charge in [-0.05, 0) is 64.9 Å². The van der Waals surface area contributed by atoms with E-state index in [1.54, 1.807) is 67.6 Å². The van der Waals surface area contributed by atoms with Crippen molar-refractivity contribution in [3.8, 4) is 62.5 Å². The summed E-state index contributed by atoms with van der Waals surface area (Å²) in [6.07, 6.45) is 7.13. The van der Waals surface area contributed by atoms with Crippen LogP contribution in [0, 0.1) is 6.92 Å². The zero-order chi connectivity index (χ0) is 34.4. The van der Waals surface area contributed by atoms with E-state index in [9.17, 15) is 35.7 Å². The minimum absolute atomic E-state index is 0.203. The van der Waals surface area contributed by atoms with E-state index >= 15 is 0 Å². The summed E-state index contributed by atoms with van der Waals surface area (Å²) >= 11 is 0. The molecule has 0 amide bonds. The number of fused-ring (bicyclic) bond motifs is 1. The Morgan fingerprint density at radius 2 is 1.10 bits per heavy atom. The number of hydrogen-bond donors (Lipinski definition) is 7. The second kappa shape index (κ2) is 12.2. The molecule has 0 aliphatic heterocycles. The maximum atomic E-state index is 11.8. The Labute approximate surface area is 282 Å². The molecule has 244 valence electrons. The molecule has 7 rings (SSSR count). The van der Waals surface area contributed by atoms with Gasteiger partial charge in [0.2, 0.25) is 0 Å². The molecule has 0 atom stereocenters. The van der Waals surface area contributed by atoms with Gasteiger partial charge in [-0.25, -0.2) is 0 Å². The average Bonchev–Trinajstić information content (AvgIpc) is 3.13. The monoisotopic (exact) mass is 651 g/mol. The van der Waals surface area contributed by atoms with E-state index in [0.29, 0.717) is 17.6 Å². The lowest BCUT2D eigenvalue weighted by molar-refractivity contribution is 0.376. The molecule has 0 spiro atoms. The molecule has 0 heterocycles. The normalized spacial score (nSPS) is 12.6. The third kappa shape index (κ3) is 5.10. The van der Waals surface area contributed by atoms with E-state index in [4.69, 9.17) is 0 Å². The number of phenolic OH excluding ortho intramolecular Hbond substituents is 7. The van der Waals surface area contributed by atoms with Crippen LogP contribution < -0.4 is 4.90 Å². The molecule has 0 fully saturated rings. The molecule has 8 nitrogen and oxygen atoms in total. The Hall–Kier alpha value is -6.54. The molecule has 0 saturated carbocycles. The van der Waals surface area contributed by atoms with Crippen LogP contribution in [0.2, 0.25) is 0 Å². The number of aromatic hydroxyl groups is 7. The van der Waals surface area contributed by atoms with E-state index in [1.807, 2.05) is 54.6 Å². The number of hydrogen-bond acceptors (Lipinski definition) is 8. The summed E-state index contributed by atoms with van der Waals surface area (Å²) in [6.45, 7) is 1.57. The Morgan fingerprint density at radius 3 is 1.76 bits per heavy atom. The fourth-order valence-corrected chi connectivity index (χ4v) is 6.59. The highest BCUT2D eigenvalue weighted by Gasteiger charge is 2.34. The summed E-state index contributed by atoms with van der Waals surface area (Å²) < 4.78 is 0. The summed E-state index contributed by atoms with van der Waals surface area (Å²) in [7, 11) is 0. The van der Waals surface area contributed by atoms with E-state index in [1.165, 1.54) is 0 Å². The minimum atomic E-state index is -0.842. The van der Waals surface area contributed by atoms with Crippen LogP contribution in [0.5, 0.6) is 40.2 Å². The van der Waals surface area contributed by atoms with Gasteiger partial charge in [-0.15, -0.1) is 0 Å². The van der Waals surface area contributed by atoms with Gasteiger partial charge in [0.15, 0.2) is 34.5 Å². The standard InChI is InChI=1S/C41H33NO7/c1-23-31(26-12-4-2-5-13-26)36(44)39(47)33(35(23)43)42(34-40(48)37(45)32(38(46)41(34)49)27-14-6-3-7-15-27)28-21-19-25(20-22-28)30-18-10-16-24-11-8-9-17-29(24)30/h3-4,6-22,43-49H,2,5H2,1H3. The predicted molar refractivity (Wildman–Crippen MR) is 192 cm³/mol. The van der Waals surface area contributed by atoms with Crippen LogP contribution in [0.1, 0.15) is 24.0 Å². The molecule has 49 heavy (non-hydrogen) atoms. The fourth-order valence-electron chi connectivity index (χ4n) is 6.59. The van der Waals surface area contributed by atoms with Crippen molar-refractivity contribution in [1.29, 1.82) is 0 Å². The summed E-state index contributed by atoms with van der Waals surface area (Å²) in [5.74, 6) is -4.93. The highest BCUT2D eigenvalue weighted by atomic mass is 16.3. The van der Waals surface area contributed by atoms with Gasteiger partial charge in [0, 0.05) is 16.8 Å². The lowest BCUT2D eigenvalue weighted by atomic mass is 9.92. The third-order valence-corrected chi connectivity index (χ3v) is 9.03. The number of allylic oxidation sites excluding steroid dienone is 4. The quantitative estimate of drug-likeness (QED) is 0.0696. The fraction of sp³-hybridized carbons (Fsp3) is 0.0732.